The van der Waals surface area contributed by atoms with Gasteiger partial charge in [0.2, 0.25) is 0 Å². The van der Waals surface area contributed by atoms with Gasteiger partial charge in [-0.2, -0.15) is 0 Å². The van der Waals surface area contributed by atoms with Crippen LogP contribution in [0.3, 0.4) is 0 Å². The van der Waals surface area contributed by atoms with Gasteiger partial charge in [-0.1, -0.05) is 34.1 Å². The summed E-state index contributed by atoms with van der Waals surface area (Å²) in [5.74, 6) is -1.06. The van der Waals surface area contributed by atoms with E-state index in [0.29, 0.717) is 12.0 Å². The summed E-state index contributed by atoms with van der Waals surface area (Å²) in [7, 11) is 1.83. The predicted molar refractivity (Wildman–Crippen MR) is 80.7 cm³/mol. The minimum atomic E-state index is -0.552. The highest BCUT2D eigenvalue weighted by atomic mass is 79.9. The molecule has 20 heavy (non-hydrogen) atoms. The third-order valence-corrected chi connectivity index (χ3v) is 4.01. The number of rotatable bonds is 4. The van der Waals surface area contributed by atoms with E-state index < -0.39 is 11.6 Å². The highest BCUT2D eigenvalue weighted by Gasteiger charge is 2.15. The molecule has 0 aliphatic rings. The van der Waals surface area contributed by atoms with Crippen LogP contribution in [0.1, 0.15) is 22.7 Å². The Kier molecular flexibility index (Phi) is 4.89. The lowest BCUT2D eigenvalue weighted by molar-refractivity contribution is 0.540. The summed E-state index contributed by atoms with van der Waals surface area (Å²) in [5.41, 5.74) is 2.71. The topological polar surface area (TPSA) is 12.0 Å². The molecule has 0 aromatic heterocycles. The molecule has 1 nitrogen and oxygen atoms in total. The van der Waals surface area contributed by atoms with Crippen molar-refractivity contribution in [2.75, 3.05) is 7.05 Å². The Labute approximate surface area is 126 Å². The maximum Gasteiger partial charge on any atom is 0.129 e. The number of halogens is 3. The highest BCUT2D eigenvalue weighted by molar-refractivity contribution is 9.10. The Hall–Kier alpha value is -1.26. The predicted octanol–water partition coefficient (Wildman–Crippen LogP) is 4.54. The minimum absolute atomic E-state index is 0.0371. The first kappa shape index (κ1) is 15.1. The standard InChI is InChI=1S/C16H16BrF2N/c1-10-3-6-13(14(17)7-10)16(20-2)8-11-4-5-12(18)9-15(11)19/h3-7,9,16,20H,8H2,1-2H3. The first-order valence-electron chi connectivity index (χ1n) is 6.38. The van der Waals surface area contributed by atoms with Crippen molar-refractivity contribution in [3.8, 4) is 0 Å². The van der Waals surface area contributed by atoms with Gasteiger partial charge < -0.3 is 5.32 Å². The Morgan fingerprint density at radius 3 is 2.50 bits per heavy atom. The molecule has 0 amide bonds. The van der Waals surface area contributed by atoms with Crippen molar-refractivity contribution >= 4 is 15.9 Å². The van der Waals surface area contributed by atoms with Crippen LogP contribution >= 0.6 is 15.9 Å². The Morgan fingerprint density at radius 1 is 1.15 bits per heavy atom. The van der Waals surface area contributed by atoms with Crippen molar-refractivity contribution in [2.45, 2.75) is 19.4 Å². The molecule has 0 heterocycles. The third kappa shape index (κ3) is 3.44. The lowest BCUT2D eigenvalue weighted by atomic mass is 9.98. The van der Waals surface area contributed by atoms with Gasteiger partial charge in [-0.05, 0) is 49.2 Å². The van der Waals surface area contributed by atoms with E-state index in [4.69, 9.17) is 0 Å². The highest BCUT2D eigenvalue weighted by Crippen LogP contribution is 2.27. The van der Waals surface area contributed by atoms with Gasteiger partial charge in [0.15, 0.2) is 0 Å². The van der Waals surface area contributed by atoms with Crippen molar-refractivity contribution in [3.05, 3.63) is 69.2 Å². The summed E-state index contributed by atoms with van der Waals surface area (Å²) in [6.07, 6.45) is 0.463. The molecule has 0 radical (unpaired) electrons. The van der Waals surface area contributed by atoms with Gasteiger partial charge in [0, 0.05) is 16.6 Å². The van der Waals surface area contributed by atoms with Gasteiger partial charge >= 0.3 is 0 Å². The average Bonchev–Trinajstić information content (AvgIpc) is 2.39. The zero-order valence-corrected chi connectivity index (χ0v) is 13.0. The van der Waals surface area contributed by atoms with Crippen LogP contribution in [0.15, 0.2) is 40.9 Å². The first-order chi connectivity index (χ1) is 9.51. The van der Waals surface area contributed by atoms with E-state index in [2.05, 4.69) is 21.2 Å². The van der Waals surface area contributed by atoms with Crippen molar-refractivity contribution < 1.29 is 8.78 Å². The maximum atomic E-state index is 13.7. The number of hydrogen-bond acceptors (Lipinski definition) is 1. The molecule has 0 aliphatic carbocycles. The van der Waals surface area contributed by atoms with Gasteiger partial charge in [-0.15, -0.1) is 0 Å². The second kappa shape index (κ2) is 6.46. The Morgan fingerprint density at radius 2 is 1.90 bits per heavy atom. The summed E-state index contributed by atoms with van der Waals surface area (Å²) >= 11 is 3.54. The SMILES string of the molecule is CNC(Cc1ccc(F)cc1F)c1ccc(C)cc1Br. The molecule has 0 saturated carbocycles. The van der Waals surface area contributed by atoms with E-state index in [0.717, 1.165) is 21.7 Å². The first-order valence-corrected chi connectivity index (χ1v) is 7.18. The van der Waals surface area contributed by atoms with E-state index in [9.17, 15) is 8.78 Å². The molecule has 0 fully saturated rings. The number of nitrogens with one attached hydrogen (secondary N) is 1. The van der Waals surface area contributed by atoms with E-state index in [1.54, 1.807) is 0 Å². The summed E-state index contributed by atoms with van der Waals surface area (Å²) < 4.78 is 27.7. The monoisotopic (exact) mass is 339 g/mol. The van der Waals surface area contributed by atoms with E-state index in [1.165, 1.54) is 12.1 Å². The fraction of sp³-hybridized carbons (Fsp3) is 0.250. The second-order valence-electron chi connectivity index (χ2n) is 4.81. The minimum Gasteiger partial charge on any atom is -0.313 e. The number of benzene rings is 2. The summed E-state index contributed by atoms with van der Waals surface area (Å²) in [6.45, 7) is 2.02. The molecule has 0 aliphatic heterocycles. The van der Waals surface area contributed by atoms with Crippen LogP contribution in [-0.2, 0) is 6.42 Å². The lowest BCUT2D eigenvalue weighted by Crippen LogP contribution is -2.20. The van der Waals surface area contributed by atoms with Crippen LogP contribution in [0.25, 0.3) is 0 Å². The molecule has 0 spiro atoms. The Balaban J connectivity index is 2.28. The average molecular weight is 340 g/mol. The molecule has 4 heteroatoms. The lowest BCUT2D eigenvalue weighted by Gasteiger charge is -2.19. The van der Waals surface area contributed by atoms with E-state index in [1.807, 2.05) is 32.2 Å². The molecule has 0 bridgehead atoms. The summed E-state index contributed by atoms with van der Waals surface area (Å²) in [6, 6.07) is 9.73. The number of aryl methyl sites for hydroxylation is 1. The van der Waals surface area contributed by atoms with Gasteiger partial charge in [-0.25, -0.2) is 8.78 Å². The third-order valence-electron chi connectivity index (χ3n) is 3.32. The molecule has 0 saturated heterocycles. The Bertz CT molecular complexity index is 613. The molecule has 2 rings (SSSR count). The molecular formula is C16H16BrF2N. The van der Waals surface area contributed by atoms with Crippen LogP contribution in [0.4, 0.5) is 8.78 Å². The summed E-state index contributed by atoms with van der Waals surface area (Å²) in [4.78, 5) is 0. The van der Waals surface area contributed by atoms with Gasteiger partial charge in [0.25, 0.3) is 0 Å². The van der Waals surface area contributed by atoms with Crippen molar-refractivity contribution in [3.63, 3.8) is 0 Å². The molecule has 2 aromatic rings. The molecule has 1 atom stereocenters. The van der Waals surface area contributed by atoms with Gasteiger partial charge in [0.05, 0.1) is 0 Å². The zero-order chi connectivity index (χ0) is 14.7. The van der Waals surface area contributed by atoms with Crippen molar-refractivity contribution in [1.82, 2.24) is 5.32 Å². The van der Waals surface area contributed by atoms with Crippen LogP contribution in [0.2, 0.25) is 0 Å². The van der Waals surface area contributed by atoms with Gasteiger partial charge in [0.1, 0.15) is 11.6 Å². The molecular weight excluding hydrogens is 324 g/mol. The summed E-state index contributed by atoms with van der Waals surface area (Å²) in [5, 5.41) is 3.18. The normalized spacial score (nSPS) is 12.4. The largest absolute Gasteiger partial charge is 0.313 e. The van der Waals surface area contributed by atoms with Crippen LogP contribution < -0.4 is 5.32 Å². The van der Waals surface area contributed by atoms with Crippen molar-refractivity contribution in [2.24, 2.45) is 0 Å². The fourth-order valence-electron chi connectivity index (χ4n) is 2.19. The quantitative estimate of drug-likeness (QED) is 0.862. The van der Waals surface area contributed by atoms with Gasteiger partial charge in [-0.3, -0.25) is 0 Å². The van der Waals surface area contributed by atoms with Crippen LogP contribution in [-0.4, -0.2) is 7.05 Å². The van der Waals surface area contributed by atoms with Crippen molar-refractivity contribution in [1.29, 1.82) is 0 Å². The molecule has 1 N–H and O–H groups in total. The molecule has 106 valence electrons. The second-order valence-corrected chi connectivity index (χ2v) is 5.66. The zero-order valence-electron chi connectivity index (χ0n) is 11.4. The van der Waals surface area contributed by atoms with E-state index in [-0.39, 0.29) is 6.04 Å². The van der Waals surface area contributed by atoms with Crippen LogP contribution in [0, 0.1) is 18.6 Å². The van der Waals surface area contributed by atoms with Crippen LogP contribution in [0.5, 0.6) is 0 Å². The molecule has 2 aromatic carbocycles. The van der Waals surface area contributed by atoms with E-state index >= 15 is 0 Å². The fourth-order valence-corrected chi connectivity index (χ4v) is 2.96. The molecule has 1 unspecified atom stereocenters. The number of likely N-dealkylation sites (N-methyl/N-ethyl adjacent to an activating group) is 1. The smallest absolute Gasteiger partial charge is 0.129 e. The maximum absolute atomic E-state index is 13.7. The number of hydrogen-bond donors (Lipinski definition) is 1.